The van der Waals surface area contributed by atoms with Crippen molar-refractivity contribution >= 4 is 27.7 Å². The van der Waals surface area contributed by atoms with Gasteiger partial charge in [0.25, 0.3) is 0 Å². The first-order valence-electron chi connectivity index (χ1n) is 9.96. The first-order chi connectivity index (χ1) is 12.6. The van der Waals surface area contributed by atoms with Crippen LogP contribution >= 0.6 is 15.9 Å². The highest BCUT2D eigenvalue weighted by Crippen LogP contribution is 2.48. The first-order valence-corrected chi connectivity index (χ1v) is 10.8. The molecule has 26 heavy (non-hydrogen) atoms. The van der Waals surface area contributed by atoms with Gasteiger partial charge in [-0.15, -0.1) is 0 Å². The summed E-state index contributed by atoms with van der Waals surface area (Å²) in [6, 6.07) is 8.32. The summed E-state index contributed by atoms with van der Waals surface area (Å²) in [4.78, 5) is 29.4. The van der Waals surface area contributed by atoms with Gasteiger partial charge in [-0.05, 0) is 42.9 Å². The molecule has 2 saturated carbocycles. The lowest BCUT2D eigenvalue weighted by atomic mass is 9.88. The van der Waals surface area contributed by atoms with E-state index in [1.54, 1.807) is 0 Å². The van der Waals surface area contributed by atoms with Gasteiger partial charge < -0.3 is 9.80 Å². The second-order valence-electron chi connectivity index (χ2n) is 7.99. The van der Waals surface area contributed by atoms with Crippen LogP contribution in [0.1, 0.15) is 50.0 Å². The molecular formula is C21H27BrN2O2. The number of piperazine rings is 1. The second-order valence-corrected chi connectivity index (χ2v) is 8.90. The lowest BCUT2D eigenvalue weighted by Crippen LogP contribution is -2.52. The average molecular weight is 419 g/mol. The SMILES string of the molecule is O=C(C1CCCCC1)N1CCN(C(=O)C2CC2c2ccc(Br)cc2)CC1. The predicted molar refractivity (Wildman–Crippen MR) is 105 cm³/mol. The molecule has 3 aliphatic rings. The fourth-order valence-corrected chi connectivity index (χ4v) is 4.80. The first kappa shape index (κ1) is 18.0. The average Bonchev–Trinajstić information content (AvgIpc) is 3.49. The predicted octanol–water partition coefficient (Wildman–Crippen LogP) is 3.80. The van der Waals surface area contributed by atoms with Gasteiger partial charge in [-0.2, -0.15) is 0 Å². The van der Waals surface area contributed by atoms with Crippen molar-refractivity contribution in [1.82, 2.24) is 9.80 Å². The molecule has 5 heteroatoms. The van der Waals surface area contributed by atoms with Crippen LogP contribution < -0.4 is 0 Å². The van der Waals surface area contributed by atoms with Crippen molar-refractivity contribution < 1.29 is 9.59 Å². The van der Waals surface area contributed by atoms with E-state index in [0.717, 1.165) is 23.7 Å². The summed E-state index contributed by atoms with van der Waals surface area (Å²) in [7, 11) is 0. The summed E-state index contributed by atoms with van der Waals surface area (Å²) < 4.78 is 1.07. The molecule has 1 aromatic rings. The fraction of sp³-hybridized carbons (Fsp3) is 0.619. The van der Waals surface area contributed by atoms with Crippen molar-refractivity contribution in [2.75, 3.05) is 26.2 Å². The van der Waals surface area contributed by atoms with E-state index >= 15 is 0 Å². The molecule has 1 aromatic carbocycles. The summed E-state index contributed by atoms with van der Waals surface area (Å²) in [5.74, 6) is 1.35. The maximum Gasteiger partial charge on any atom is 0.226 e. The summed E-state index contributed by atoms with van der Waals surface area (Å²) in [6.45, 7) is 2.80. The third-order valence-corrected chi connectivity index (χ3v) is 6.79. The van der Waals surface area contributed by atoms with Gasteiger partial charge in [-0.25, -0.2) is 0 Å². The Morgan fingerprint density at radius 2 is 1.42 bits per heavy atom. The standard InChI is InChI=1S/C21H27BrN2O2/c22-17-8-6-15(7-9-17)18-14-19(18)21(26)24-12-10-23(11-13-24)20(25)16-4-2-1-3-5-16/h6-9,16,18-19H,1-5,10-14H2. The van der Waals surface area contributed by atoms with E-state index < -0.39 is 0 Å². The monoisotopic (exact) mass is 418 g/mol. The molecule has 0 spiro atoms. The topological polar surface area (TPSA) is 40.6 Å². The van der Waals surface area contributed by atoms with Crippen LogP contribution in [0.4, 0.5) is 0 Å². The third kappa shape index (κ3) is 3.83. The minimum Gasteiger partial charge on any atom is -0.339 e. The molecule has 0 radical (unpaired) electrons. The van der Waals surface area contributed by atoms with Crippen LogP contribution in [-0.2, 0) is 9.59 Å². The molecule has 2 amide bonds. The number of halogens is 1. The minimum atomic E-state index is 0.136. The van der Waals surface area contributed by atoms with E-state index in [4.69, 9.17) is 0 Å². The Balaban J connectivity index is 1.27. The highest BCUT2D eigenvalue weighted by Gasteiger charge is 2.46. The van der Waals surface area contributed by atoms with Crippen LogP contribution in [0.5, 0.6) is 0 Å². The van der Waals surface area contributed by atoms with Crippen molar-refractivity contribution in [2.24, 2.45) is 11.8 Å². The van der Waals surface area contributed by atoms with Crippen molar-refractivity contribution in [3.8, 4) is 0 Å². The van der Waals surface area contributed by atoms with Gasteiger partial charge in [-0.1, -0.05) is 47.3 Å². The number of hydrogen-bond donors (Lipinski definition) is 0. The van der Waals surface area contributed by atoms with Crippen LogP contribution in [0.3, 0.4) is 0 Å². The molecule has 3 fully saturated rings. The number of nitrogens with zero attached hydrogens (tertiary/aromatic N) is 2. The molecule has 4 nitrogen and oxygen atoms in total. The van der Waals surface area contributed by atoms with E-state index in [0.29, 0.717) is 38.0 Å². The second kappa shape index (κ2) is 7.71. The lowest BCUT2D eigenvalue weighted by molar-refractivity contribution is -0.143. The van der Waals surface area contributed by atoms with Crippen LogP contribution in [0, 0.1) is 11.8 Å². The smallest absolute Gasteiger partial charge is 0.226 e. The minimum absolute atomic E-state index is 0.136. The largest absolute Gasteiger partial charge is 0.339 e. The van der Waals surface area contributed by atoms with Gasteiger partial charge >= 0.3 is 0 Å². The van der Waals surface area contributed by atoms with Crippen molar-refractivity contribution in [1.29, 1.82) is 0 Å². The Morgan fingerprint density at radius 3 is 2.04 bits per heavy atom. The summed E-state index contributed by atoms with van der Waals surface area (Å²) in [5.41, 5.74) is 1.26. The highest BCUT2D eigenvalue weighted by atomic mass is 79.9. The Morgan fingerprint density at radius 1 is 0.846 bits per heavy atom. The lowest BCUT2D eigenvalue weighted by Gasteiger charge is -2.37. The van der Waals surface area contributed by atoms with Crippen LogP contribution in [0.2, 0.25) is 0 Å². The number of hydrogen-bond acceptors (Lipinski definition) is 2. The van der Waals surface area contributed by atoms with Gasteiger partial charge in [-0.3, -0.25) is 9.59 Å². The normalized spacial score (nSPS) is 26.7. The van der Waals surface area contributed by atoms with E-state index in [9.17, 15) is 9.59 Å². The Hall–Kier alpha value is -1.36. The molecular weight excluding hydrogens is 392 g/mol. The molecule has 4 rings (SSSR count). The zero-order valence-corrected chi connectivity index (χ0v) is 16.8. The quantitative estimate of drug-likeness (QED) is 0.748. The maximum absolute atomic E-state index is 12.8. The highest BCUT2D eigenvalue weighted by molar-refractivity contribution is 9.10. The number of amides is 2. The van der Waals surface area contributed by atoms with Crippen LogP contribution in [-0.4, -0.2) is 47.8 Å². The molecule has 2 unspecified atom stereocenters. The Labute approximate surface area is 164 Å². The van der Waals surface area contributed by atoms with Gasteiger partial charge in [0, 0.05) is 42.5 Å². The van der Waals surface area contributed by atoms with Crippen molar-refractivity contribution in [2.45, 2.75) is 44.4 Å². The van der Waals surface area contributed by atoms with E-state index in [2.05, 4.69) is 28.1 Å². The van der Waals surface area contributed by atoms with Crippen molar-refractivity contribution in [3.05, 3.63) is 34.3 Å². The fourth-order valence-electron chi connectivity index (χ4n) is 4.54. The Kier molecular flexibility index (Phi) is 5.35. The van der Waals surface area contributed by atoms with Crippen molar-refractivity contribution in [3.63, 3.8) is 0 Å². The van der Waals surface area contributed by atoms with Gasteiger partial charge in [0.2, 0.25) is 11.8 Å². The number of carbonyl (C=O) groups is 2. The van der Waals surface area contributed by atoms with E-state index in [-0.39, 0.29) is 17.7 Å². The van der Waals surface area contributed by atoms with E-state index in [1.165, 1.54) is 24.8 Å². The summed E-state index contributed by atoms with van der Waals surface area (Å²) in [5, 5.41) is 0. The zero-order valence-electron chi connectivity index (χ0n) is 15.2. The number of rotatable bonds is 3. The summed E-state index contributed by atoms with van der Waals surface area (Å²) >= 11 is 3.46. The van der Waals surface area contributed by atoms with E-state index in [1.807, 2.05) is 21.9 Å². The van der Waals surface area contributed by atoms with Gasteiger partial charge in [0.1, 0.15) is 0 Å². The molecule has 140 valence electrons. The molecule has 0 bridgehead atoms. The molecule has 1 heterocycles. The molecule has 2 atom stereocenters. The Bertz CT molecular complexity index is 661. The number of carbonyl (C=O) groups excluding carboxylic acids is 2. The third-order valence-electron chi connectivity index (χ3n) is 6.26. The van der Waals surface area contributed by atoms with Crippen LogP contribution in [0.25, 0.3) is 0 Å². The maximum atomic E-state index is 12.8. The van der Waals surface area contributed by atoms with Gasteiger partial charge in [0.15, 0.2) is 0 Å². The molecule has 1 saturated heterocycles. The summed E-state index contributed by atoms with van der Waals surface area (Å²) in [6.07, 6.45) is 6.71. The molecule has 2 aliphatic carbocycles. The van der Waals surface area contributed by atoms with Crippen LogP contribution in [0.15, 0.2) is 28.7 Å². The molecule has 1 aliphatic heterocycles. The number of benzene rings is 1. The molecule has 0 aromatic heterocycles. The van der Waals surface area contributed by atoms with Gasteiger partial charge in [0.05, 0.1) is 0 Å². The molecule has 0 N–H and O–H groups in total. The zero-order chi connectivity index (χ0) is 18.1.